The molecule has 1 saturated heterocycles. The number of methoxy groups -OCH3 is 1. The Hall–Kier alpha value is -1.92. The minimum atomic E-state index is -0.563. The second-order valence-electron chi connectivity index (χ2n) is 6.36. The number of hydrogen-bond donors (Lipinski definition) is 1. The van der Waals surface area contributed by atoms with Gasteiger partial charge in [0.15, 0.2) is 0 Å². The summed E-state index contributed by atoms with van der Waals surface area (Å²) in [6, 6.07) is 8.10. The van der Waals surface area contributed by atoms with Crippen molar-refractivity contribution in [2.24, 2.45) is 5.73 Å². The quantitative estimate of drug-likeness (QED) is 0.906. The smallest absolute Gasteiger partial charge is 0.241 e. The molecule has 3 rings (SSSR count). The fourth-order valence-corrected chi connectivity index (χ4v) is 3.58. The van der Waals surface area contributed by atoms with Crippen molar-refractivity contribution >= 4 is 16.9 Å². The highest BCUT2D eigenvalue weighted by atomic mass is 16.5. The van der Waals surface area contributed by atoms with Gasteiger partial charge >= 0.3 is 0 Å². The number of fused-ring (bicyclic) bond motifs is 1. The summed E-state index contributed by atoms with van der Waals surface area (Å²) in [7, 11) is 1.57. The van der Waals surface area contributed by atoms with E-state index in [9.17, 15) is 4.79 Å². The van der Waals surface area contributed by atoms with E-state index >= 15 is 0 Å². The summed E-state index contributed by atoms with van der Waals surface area (Å²) in [6.07, 6.45) is 2.77. The van der Waals surface area contributed by atoms with Gasteiger partial charge in [-0.2, -0.15) is 0 Å². The van der Waals surface area contributed by atoms with Gasteiger partial charge in [0.25, 0.3) is 0 Å². The fraction of sp³-hybridized carbons (Fsp3) is 0.556. The van der Waals surface area contributed by atoms with E-state index in [1.54, 1.807) is 7.11 Å². The lowest BCUT2D eigenvalue weighted by Gasteiger charge is -2.34. The van der Waals surface area contributed by atoms with E-state index in [0.717, 1.165) is 43.7 Å². The molecule has 130 valence electrons. The van der Waals surface area contributed by atoms with Crippen LogP contribution in [-0.2, 0) is 16.0 Å². The monoisotopic (exact) mass is 330 g/mol. The van der Waals surface area contributed by atoms with Crippen LogP contribution >= 0.6 is 0 Å². The van der Waals surface area contributed by atoms with Crippen LogP contribution in [-0.4, -0.2) is 53.2 Å². The summed E-state index contributed by atoms with van der Waals surface area (Å²) < 4.78 is 7.36. The molecule has 2 aromatic rings. The van der Waals surface area contributed by atoms with Crippen LogP contribution < -0.4 is 5.73 Å². The van der Waals surface area contributed by atoms with E-state index in [1.165, 1.54) is 5.52 Å². The molecule has 1 aromatic carbocycles. The van der Waals surface area contributed by atoms with Gasteiger partial charge in [-0.25, -0.2) is 4.98 Å². The number of carbonyl (C=O) groups excluding carboxylic acids is 1. The molecule has 24 heavy (non-hydrogen) atoms. The molecule has 6 nitrogen and oxygen atoms in total. The number of piperidine rings is 1. The standard InChI is InChI=1S/C18H26N4O2/c1-3-17-20-15-6-4-5-7-16(15)22(17)13-8-10-21(11-9-13)18(23)14(19)12-24-2/h4-7,13-14H,3,8-12,19H2,1-2H3. The van der Waals surface area contributed by atoms with Crippen LogP contribution in [0.4, 0.5) is 0 Å². The van der Waals surface area contributed by atoms with Crippen LogP contribution in [0.25, 0.3) is 11.0 Å². The van der Waals surface area contributed by atoms with Crippen molar-refractivity contribution in [2.45, 2.75) is 38.3 Å². The third-order valence-electron chi connectivity index (χ3n) is 4.79. The predicted molar refractivity (Wildman–Crippen MR) is 93.8 cm³/mol. The summed E-state index contributed by atoms with van der Waals surface area (Å²) in [5.74, 6) is 1.11. The summed E-state index contributed by atoms with van der Waals surface area (Å²) in [6.45, 7) is 3.87. The first-order valence-electron chi connectivity index (χ1n) is 8.64. The first kappa shape index (κ1) is 16.9. The second-order valence-corrected chi connectivity index (χ2v) is 6.36. The number of ether oxygens (including phenoxy) is 1. The average molecular weight is 330 g/mol. The Kier molecular flexibility index (Phi) is 5.16. The topological polar surface area (TPSA) is 73.4 Å². The van der Waals surface area contributed by atoms with Crippen molar-refractivity contribution in [3.63, 3.8) is 0 Å². The van der Waals surface area contributed by atoms with Gasteiger partial charge in [-0.15, -0.1) is 0 Å². The Bertz CT molecular complexity index is 704. The molecular weight excluding hydrogens is 304 g/mol. The molecule has 1 aromatic heterocycles. The maximum Gasteiger partial charge on any atom is 0.241 e. The minimum Gasteiger partial charge on any atom is -0.383 e. The van der Waals surface area contributed by atoms with Crippen molar-refractivity contribution < 1.29 is 9.53 Å². The van der Waals surface area contributed by atoms with Crippen LogP contribution in [0.1, 0.15) is 31.6 Å². The van der Waals surface area contributed by atoms with Crippen LogP contribution in [0, 0.1) is 0 Å². The summed E-state index contributed by atoms with van der Waals surface area (Å²) in [4.78, 5) is 18.9. The highest BCUT2D eigenvalue weighted by Gasteiger charge is 2.28. The Balaban J connectivity index is 1.74. The number of rotatable bonds is 5. The predicted octanol–water partition coefficient (Wildman–Crippen LogP) is 1.74. The zero-order chi connectivity index (χ0) is 17.1. The molecule has 1 unspecified atom stereocenters. The number of likely N-dealkylation sites (tertiary alicyclic amines) is 1. The normalized spacial score (nSPS) is 17.4. The van der Waals surface area contributed by atoms with Gasteiger partial charge in [-0.05, 0) is 25.0 Å². The number of benzene rings is 1. The maximum absolute atomic E-state index is 12.3. The number of carbonyl (C=O) groups is 1. The molecule has 1 aliphatic rings. The zero-order valence-electron chi connectivity index (χ0n) is 14.4. The highest BCUT2D eigenvalue weighted by molar-refractivity contribution is 5.82. The van der Waals surface area contributed by atoms with Crippen LogP contribution in [0.3, 0.4) is 0 Å². The van der Waals surface area contributed by atoms with Gasteiger partial charge < -0.3 is 19.9 Å². The SMILES string of the molecule is CCc1nc2ccccc2n1C1CCN(C(=O)C(N)COC)CC1. The molecule has 1 aliphatic heterocycles. The van der Waals surface area contributed by atoms with Crippen LogP contribution in [0.15, 0.2) is 24.3 Å². The first-order valence-corrected chi connectivity index (χ1v) is 8.64. The number of nitrogens with two attached hydrogens (primary N) is 1. The van der Waals surface area contributed by atoms with Crippen LogP contribution in [0.2, 0.25) is 0 Å². The lowest BCUT2D eigenvalue weighted by Crippen LogP contribution is -2.49. The Labute approximate surface area is 142 Å². The summed E-state index contributed by atoms with van der Waals surface area (Å²) >= 11 is 0. The maximum atomic E-state index is 12.3. The van der Waals surface area contributed by atoms with Crippen LogP contribution in [0.5, 0.6) is 0 Å². The Morgan fingerprint density at radius 1 is 1.38 bits per heavy atom. The highest BCUT2D eigenvalue weighted by Crippen LogP contribution is 2.29. The number of aryl methyl sites for hydroxylation is 1. The third-order valence-corrected chi connectivity index (χ3v) is 4.79. The number of para-hydroxylation sites is 2. The van der Waals surface area contributed by atoms with E-state index < -0.39 is 6.04 Å². The van der Waals surface area contributed by atoms with E-state index in [1.807, 2.05) is 11.0 Å². The average Bonchev–Trinajstić information content (AvgIpc) is 3.00. The minimum absolute atomic E-state index is 0.0125. The second kappa shape index (κ2) is 7.32. The Morgan fingerprint density at radius 2 is 2.08 bits per heavy atom. The van der Waals surface area contributed by atoms with Gasteiger partial charge in [0, 0.05) is 32.7 Å². The molecule has 0 radical (unpaired) electrons. The molecule has 1 atom stereocenters. The Morgan fingerprint density at radius 3 is 2.75 bits per heavy atom. The van der Waals surface area contributed by atoms with Crippen molar-refractivity contribution in [1.82, 2.24) is 14.5 Å². The number of aromatic nitrogens is 2. The molecule has 2 N–H and O–H groups in total. The van der Waals surface area contributed by atoms with Gasteiger partial charge in [0.2, 0.25) is 5.91 Å². The molecule has 0 bridgehead atoms. The molecular formula is C18H26N4O2. The number of hydrogen-bond acceptors (Lipinski definition) is 4. The van der Waals surface area contributed by atoms with Gasteiger partial charge in [-0.3, -0.25) is 4.79 Å². The number of imidazole rings is 1. The largest absolute Gasteiger partial charge is 0.383 e. The van der Waals surface area contributed by atoms with E-state index in [2.05, 4.69) is 29.7 Å². The van der Waals surface area contributed by atoms with Crippen molar-refractivity contribution in [3.8, 4) is 0 Å². The van der Waals surface area contributed by atoms with Gasteiger partial charge in [-0.1, -0.05) is 19.1 Å². The first-order chi connectivity index (χ1) is 11.7. The van der Waals surface area contributed by atoms with Crippen molar-refractivity contribution in [3.05, 3.63) is 30.1 Å². The zero-order valence-corrected chi connectivity index (χ0v) is 14.4. The summed E-state index contributed by atoms with van der Waals surface area (Å²) in [5.41, 5.74) is 8.12. The lowest BCUT2D eigenvalue weighted by molar-refractivity contribution is -0.135. The van der Waals surface area contributed by atoms with E-state index in [4.69, 9.17) is 15.5 Å². The summed E-state index contributed by atoms with van der Waals surface area (Å²) in [5, 5.41) is 0. The molecule has 1 amide bonds. The fourth-order valence-electron chi connectivity index (χ4n) is 3.58. The molecule has 0 spiro atoms. The number of nitrogens with zero attached hydrogens (tertiary/aromatic N) is 3. The molecule has 6 heteroatoms. The van der Waals surface area contributed by atoms with Crippen molar-refractivity contribution in [2.75, 3.05) is 26.8 Å². The lowest BCUT2D eigenvalue weighted by atomic mass is 10.0. The van der Waals surface area contributed by atoms with Gasteiger partial charge in [0.1, 0.15) is 11.9 Å². The molecule has 0 saturated carbocycles. The van der Waals surface area contributed by atoms with E-state index in [0.29, 0.717) is 6.04 Å². The number of amides is 1. The molecule has 2 heterocycles. The molecule has 0 aliphatic carbocycles. The van der Waals surface area contributed by atoms with E-state index in [-0.39, 0.29) is 12.5 Å². The van der Waals surface area contributed by atoms with Gasteiger partial charge in [0.05, 0.1) is 17.6 Å². The van der Waals surface area contributed by atoms with Crippen molar-refractivity contribution in [1.29, 1.82) is 0 Å². The molecule has 1 fully saturated rings. The third kappa shape index (κ3) is 3.16.